The molecule has 1 aliphatic rings. The number of hydrogen-bond acceptors (Lipinski definition) is 4. The number of nitrogens with zero attached hydrogens (tertiary/aromatic N) is 2. The largest absolute Gasteiger partial charge is 0.454 e. The monoisotopic (exact) mass is 289 g/mol. The molecule has 0 aliphatic carbocycles. The quantitative estimate of drug-likeness (QED) is 0.944. The summed E-state index contributed by atoms with van der Waals surface area (Å²) >= 11 is 6.18. The smallest absolute Gasteiger partial charge is 0.231 e. The van der Waals surface area contributed by atoms with Crippen molar-refractivity contribution in [1.29, 1.82) is 5.26 Å². The number of nitrogens with one attached hydrogen (secondary N) is 1. The Hall–Kier alpha value is -2.32. The highest BCUT2D eigenvalue weighted by atomic mass is 35.5. The van der Waals surface area contributed by atoms with Gasteiger partial charge in [-0.2, -0.15) is 5.26 Å². The Morgan fingerprint density at radius 1 is 1.35 bits per heavy atom. The average molecular weight is 290 g/mol. The number of benzene rings is 1. The zero-order valence-corrected chi connectivity index (χ0v) is 11.6. The van der Waals surface area contributed by atoms with Crippen LogP contribution in [0.25, 0.3) is 0 Å². The van der Waals surface area contributed by atoms with Crippen LogP contribution in [0.2, 0.25) is 5.02 Å². The van der Waals surface area contributed by atoms with Crippen molar-refractivity contribution < 1.29 is 9.47 Å². The third-order valence-corrected chi connectivity index (χ3v) is 3.43. The minimum atomic E-state index is 0.222. The van der Waals surface area contributed by atoms with E-state index < -0.39 is 0 Å². The summed E-state index contributed by atoms with van der Waals surface area (Å²) in [7, 11) is 1.84. The molecule has 20 heavy (non-hydrogen) atoms. The van der Waals surface area contributed by atoms with Crippen LogP contribution in [0.4, 0.5) is 5.69 Å². The maximum absolute atomic E-state index is 8.92. The van der Waals surface area contributed by atoms with Crippen LogP contribution in [-0.4, -0.2) is 11.4 Å². The predicted molar refractivity (Wildman–Crippen MR) is 75.0 cm³/mol. The molecule has 0 unspecified atom stereocenters. The van der Waals surface area contributed by atoms with Gasteiger partial charge < -0.3 is 19.4 Å². The molecule has 6 heteroatoms. The number of halogens is 1. The van der Waals surface area contributed by atoms with E-state index in [-0.39, 0.29) is 6.79 Å². The third-order valence-electron chi connectivity index (χ3n) is 3.12. The van der Waals surface area contributed by atoms with Crippen molar-refractivity contribution in [2.75, 3.05) is 12.1 Å². The van der Waals surface area contributed by atoms with E-state index in [2.05, 4.69) is 11.4 Å². The predicted octanol–water partition coefficient (Wildman–Crippen LogP) is 2.89. The molecular formula is C14H12ClN3O2. The third kappa shape index (κ3) is 2.26. The van der Waals surface area contributed by atoms with Crippen molar-refractivity contribution >= 4 is 17.3 Å². The second kappa shape index (κ2) is 4.99. The van der Waals surface area contributed by atoms with E-state index in [1.54, 1.807) is 10.6 Å². The van der Waals surface area contributed by atoms with Gasteiger partial charge in [-0.05, 0) is 11.6 Å². The summed E-state index contributed by atoms with van der Waals surface area (Å²) in [6.45, 7) is 0.800. The van der Waals surface area contributed by atoms with E-state index in [0.29, 0.717) is 28.8 Å². The van der Waals surface area contributed by atoms with Gasteiger partial charge in [0.25, 0.3) is 0 Å². The highest BCUT2D eigenvalue weighted by Gasteiger charge is 2.16. The summed E-state index contributed by atoms with van der Waals surface area (Å²) in [5.41, 5.74) is 2.41. The lowest BCUT2D eigenvalue weighted by Crippen LogP contribution is -1.99. The van der Waals surface area contributed by atoms with Gasteiger partial charge >= 0.3 is 0 Å². The lowest BCUT2D eigenvalue weighted by Gasteiger charge is -2.08. The maximum Gasteiger partial charge on any atom is 0.231 e. The van der Waals surface area contributed by atoms with E-state index >= 15 is 0 Å². The Labute approximate surface area is 121 Å². The molecule has 0 saturated heterocycles. The summed E-state index contributed by atoms with van der Waals surface area (Å²) in [5.74, 6) is 1.34. The standard InChI is InChI=1S/C14H12ClN3O2/c1-18-7-9(2-10(18)5-16)6-17-12-4-14-13(3-11(12)15)19-8-20-14/h2-4,7,17H,6,8H2,1H3. The van der Waals surface area contributed by atoms with Crippen molar-refractivity contribution in [3.8, 4) is 17.6 Å². The summed E-state index contributed by atoms with van der Waals surface area (Å²) in [4.78, 5) is 0. The van der Waals surface area contributed by atoms with Crippen LogP contribution in [-0.2, 0) is 13.6 Å². The number of hydrogen-bond donors (Lipinski definition) is 1. The van der Waals surface area contributed by atoms with Gasteiger partial charge in [-0.15, -0.1) is 0 Å². The van der Waals surface area contributed by atoms with Crippen LogP contribution in [0.15, 0.2) is 24.4 Å². The van der Waals surface area contributed by atoms with E-state index in [9.17, 15) is 0 Å². The van der Waals surface area contributed by atoms with Crippen molar-refractivity contribution in [3.05, 3.63) is 40.7 Å². The van der Waals surface area contributed by atoms with Crippen LogP contribution >= 0.6 is 11.6 Å². The van der Waals surface area contributed by atoms with Gasteiger partial charge in [0.2, 0.25) is 6.79 Å². The van der Waals surface area contributed by atoms with Crippen molar-refractivity contribution in [2.24, 2.45) is 7.05 Å². The molecule has 1 N–H and O–H groups in total. The number of ether oxygens (including phenoxy) is 2. The molecule has 0 radical (unpaired) electrons. The molecule has 3 rings (SSSR count). The molecule has 0 amide bonds. The second-order valence-electron chi connectivity index (χ2n) is 4.50. The summed E-state index contributed by atoms with van der Waals surface area (Å²) in [5, 5.41) is 12.7. The van der Waals surface area contributed by atoms with Gasteiger partial charge in [-0.25, -0.2) is 0 Å². The Morgan fingerprint density at radius 2 is 2.10 bits per heavy atom. The van der Waals surface area contributed by atoms with Gasteiger partial charge in [0.05, 0.1) is 10.7 Å². The van der Waals surface area contributed by atoms with E-state index in [4.69, 9.17) is 26.3 Å². The topological polar surface area (TPSA) is 59.2 Å². The molecule has 102 valence electrons. The average Bonchev–Trinajstić information content (AvgIpc) is 3.01. The van der Waals surface area contributed by atoms with Gasteiger partial charge in [-0.3, -0.25) is 0 Å². The molecule has 1 aromatic carbocycles. The molecule has 0 fully saturated rings. The molecule has 1 aromatic heterocycles. The first-order valence-electron chi connectivity index (χ1n) is 6.06. The fourth-order valence-corrected chi connectivity index (χ4v) is 2.31. The lowest BCUT2D eigenvalue weighted by molar-refractivity contribution is 0.174. The number of anilines is 1. The molecule has 0 spiro atoms. The Balaban J connectivity index is 1.77. The van der Waals surface area contributed by atoms with Crippen LogP contribution in [0.5, 0.6) is 11.5 Å². The summed E-state index contributed by atoms with van der Waals surface area (Å²) in [6, 6.07) is 7.53. The van der Waals surface area contributed by atoms with Crippen molar-refractivity contribution in [2.45, 2.75) is 6.54 Å². The minimum absolute atomic E-state index is 0.222. The zero-order valence-electron chi connectivity index (χ0n) is 10.8. The van der Waals surface area contributed by atoms with E-state index in [0.717, 1.165) is 11.3 Å². The van der Waals surface area contributed by atoms with Gasteiger partial charge in [-0.1, -0.05) is 11.6 Å². The molecule has 5 nitrogen and oxygen atoms in total. The summed E-state index contributed by atoms with van der Waals surface area (Å²) < 4.78 is 12.4. The summed E-state index contributed by atoms with van der Waals surface area (Å²) in [6.07, 6.45) is 1.91. The van der Waals surface area contributed by atoms with E-state index in [1.807, 2.05) is 25.4 Å². The first-order chi connectivity index (χ1) is 9.67. The lowest BCUT2D eigenvalue weighted by atomic mass is 10.2. The zero-order chi connectivity index (χ0) is 14.1. The molecule has 2 heterocycles. The molecular weight excluding hydrogens is 278 g/mol. The number of aryl methyl sites for hydroxylation is 1. The molecule has 0 bridgehead atoms. The van der Waals surface area contributed by atoms with Crippen LogP contribution in [0.1, 0.15) is 11.3 Å². The first-order valence-corrected chi connectivity index (χ1v) is 6.43. The van der Waals surface area contributed by atoms with Crippen LogP contribution in [0.3, 0.4) is 0 Å². The van der Waals surface area contributed by atoms with Crippen molar-refractivity contribution in [3.63, 3.8) is 0 Å². The number of nitriles is 1. The molecule has 2 aromatic rings. The number of fused-ring (bicyclic) bond motifs is 1. The van der Waals surface area contributed by atoms with Crippen molar-refractivity contribution in [1.82, 2.24) is 4.57 Å². The molecule has 0 atom stereocenters. The second-order valence-corrected chi connectivity index (χ2v) is 4.90. The minimum Gasteiger partial charge on any atom is -0.454 e. The number of rotatable bonds is 3. The Bertz CT molecular complexity index is 703. The fraction of sp³-hybridized carbons (Fsp3) is 0.214. The van der Waals surface area contributed by atoms with Gasteiger partial charge in [0.15, 0.2) is 11.5 Å². The maximum atomic E-state index is 8.92. The highest BCUT2D eigenvalue weighted by molar-refractivity contribution is 6.33. The first kappa shape index (κ1) is 12.7. The van der Waals surface area contributed by atoms with Gasteiger partial charge in [0, 0.05) is 31.9 Å². The SMILES string of the molecule is Cn1cc(CNc2cc3c(cc2Cl)OCO3)cc1C#N. The Kier molecular flexibility index (Phi) is 3.17. The van der Waals surface area contributed by atoms with Gasteiger partial charge in [0.1, 0.15) is 11.8 Å². The molecule has 1 aliphatic heterocycles. The molecule has 0 saturated carbocycles. The Morgan fingerprint density at radius 3 is 2.80 bits per heavy atom. The highest BCUT2D eigenvalue weighted by Crippen LogP contribution is 2.39. The van der Waals surface area contributed by atoms with Crippen LogP contribution < -0.4 is 14.8 Å². The normalized spacial score (nSPS) is 12.2. The van der Waals surface area contributed by atoms with E-state index in [1.165, 1.54) is 0 Å². The van der Waals surface area contributed by atoms with Crippen LogP contribution in [0, 0.1) is 11.3 Å². The fourth-order valence-electron chi connectivity index (χ4n) is 2.09. The number of aromatic nitrogens is 1.